The highest BCUT2D eigenvalue weighted by Gasteiger charge is 2.28. The predicted molar refractivity (Wildman–Crippen MR) is 106 cm³/mol. The zero-order valence-electron chi connectivity index (χ0n) is 15.5. The van der Waals surface area contributed by atoms with Crippen molar-refractivity contribution in [2.75, 3.05) is 57.1 Å². The quantitative estimate of drug-likeness (QED) is 0.653. The summed E-state index contributed by atoms with van der Waals surface area (Å²) in [6.07, 6.45) is 1.87. The summed E-state index contributed by atoms with van der Waals surface area (Å²) < 4.78 is 5.73. The van der Waals surface area contributed by atoms with Crippen LogP contribution in [0.15, 0.2) is 23.3 Å². The SMILES string of the molecule is CN=C(NCc1cccnc1N1CCOCC1)N1CCSC(C)(C)C1. The van der Waals surface area contributed by atoms with Gasteiger partial charge in [0.2, 0.25) is 0 Å². The fraction of sp³-hybridized carbons (Fsp3) is 0.667. The molecule has 0 unspecified atom stereocenters. The van der Waals surface area contributed by atoms with Gasteiger partial charge in [0, 0.05) is 62.0 Å². The van der Waals surface area contributed by atoms with Gasteiger partial charge in [-0.15, -0.1) is 0 Å². The maximum absolute atomic E-state index is 5.46. The zero-order valence-corrected chi connectivity index (χ0v) is 16.3. The Labute approximate surface area is 155 Å². The Kier molecular flexibility index (Phi) is 6.06. The molecule has 3 rings (SSSR count). The number of nitrogens with zero attached hydrogens (tertiary/aromatic N) is 4. The van der Waals surface area contributed by atoms with E-state index in [4.69, 9.17) is 4.74 Å². The largest absolute Gasteiger partial charge is 0.378 e. The molecule has 0 aromatic carbocycles. The first-order valence-electron chi connectivity index (χ1n) is 8.95. The number of thioether (sulfide) groups is 1. The van der Waals surface area contributed by atoms with Crippen LogP contribution in [0.2, 0.25) is 0 Å². The van der Waals surface area contributed by atoms with E-state index < -0.39 is 0 Å². The molecular formula is C18H29N5OS. The van der Waals surface area contributed by atoms with Crippen LogP contribution in [-0.4, -0.2) is 72.8 Å². The number of morpholine rings is 1. The van der Waals surface area contributed by atoms with E-state index >= 15 is 0 Å². The van der Waals surface area contributed by atoms with Crippen molar-refractivity contribution in [2.24, 2.45) is 4.99 Å². The van der Waals surface area contributed by atoms with Crippen LogP contribution in [0.4, 0.5) is 5.82 Å². The van der Waals surface area contributed by atoms with Gasteiger partial charge < -0.3 is 19.9 Å². The van der Waals surface area contributed by atoms with Crippen molar-refractivity contribution in [3.05, 3.63) is 23.9 Å². The number of hydrogen-bond acceptors (Lipinski definition) is 5. The molecule has 0 atom stereocenters. The van der Waals surface area contributed by atoms with E-state index in [1.54, 1.807) is 0 Å². The lowest BCUT2D eigenvalue weighted by molar-refractivity contribution is 0.122. The van der Waals surface area contributed by atoms with Crippen molar-refractivity contribution in [3.63, 3.8) is 0 Å². The normalized spacial score (nSPS) is 21.3. The number of nitrogens with one attached hydrogen (secondary N) is 1. The van der Waals surface area contributed by atoms with E-state index in [9.17, 15) is 0 Å². The molecule has 1 aromatic heterocycles. The third kappa shape index (κ3) is 4.79. The molecule has 0 amide bonds. The monoisotopic (exact) mass is 363 g/mol. The van der Waals surface area contributed by atoms with Crippen LogP contribution in [0.25, 0.3) is 0 Å². The molecule has 7 heteroatoms. The number of rotatable bonds is 3. The Balaban J connectivity index is 1.66. The van der Waals surface area contributed by atoms with E-state index in [2.05, 4.69) is 45.0 Å². The maximum atomic E-state index is 5.46. The number of hydrogen-bond donors (Lipinski definition) is 1. The molecule has 0 bridgehead atoms. The van der Waals surface area contributed by atoms with Gasteiger partial charge in [-0.2, -0.15) is 11.8 Å². The summed E-state index contributed by atoms with van der Waals surface area (Å²) in [4.78, 5) is 13.8. The lowest BCUT2D eigenvalue weighted by atomic mass is 10.2. The Morgan fingerprint density at radius 3 is 2.88 bits per heavy atom. The van der Waals surface area contributed by atoms with Crippen LogP contribution < -0.4 is 10.2 Å². The number of aromatic nitrogens is 1. The molecule has 0 radical (unpaired) electrons. The third-order valence-corrected chi connectivity index (χ3v) is 5.85. The van der Waals surface area contributed by atoms with Crippen LogP contribution >= 0.6 is 11.8 Å². The molecule has 138 valence electrons. The molecule has 0 spiro atoms. The lowest BCUT2D eigenvalue weighted by Gasteiger charge is -2.39. The molecule has 25 heavy (non-hydrogen) atoms. The number of aliphatic imine (C=N–C) groups is 1. The Morgan fingerprint density at radius 2 is 2.16 bits per heavy atom. The summed E-state index contributed by atoms with van der Waals surface area (Å²) >= 11 is 2.03. The van der Waals surface area contributed by atoms with E-state index in [0.29, 0.717) is 0 Å². The second-order valence-electron chi connectivity index (χ2n) is 7.02. The zero-order chi connectivity index (χ0) is 17.7. The second-order valence-corrected chi connectivity index (χ2v) is 8.82. The minimum atomic E-state index is 0.267. The first-order valence-corrected chi connectivity index (χ1v) is 9.94. The molecule has 0 aliphatic carbocycles. The average Bonchev–Trinajstić information content (AvgIpc) is 2.62. The molecule has 2 saturated heterocycles. The first-order chi connectivity index (χ1) is 12.1. The van der Waals surface area contributed by atoms with E-state index in [0.717, 1.165) is 63.5 Å². The van der Waals surface area contributed by atoms with Crippen molar-refractivity contribution < 1.29 is 4.74 Å². The lowest BCUT2D eigenvalue weighted by Crippen LogP contribution is -2.50. The first kappa shape index (κ1) is 18.3. The number of ether oxygens (including phenoxy) is 1. The fourth-order valence-corrected chi connectivity index (χ4v) is 4.44. The maximum Gasteiger partial charge on any atom is 0.193 e. The minimum absolute atomic E-state index is 0.267. The Hall–Kier alpha value is -1.47. The van der Waals surface area contributed by atoms with Gasteiger partial charge in [0.1, 0.15) is 5.82 Å². The van der Waals surface area contributed by atoms with Gasteiger partial charge in [0.25, 0.3) is 0 Å². The molecule has 1 aromatic rings. The van der Waals surface area contributed by atoms with E-state index in [1.165, 1.54) is 5.56 Å². The van der Waals surface area contributed by atoms with Crippen molar-refractivity contribution in [1.82, 2.24) is 15.2 Å². The van der Waals surface area contributed by atoms with Gasteiger partial charge in [0.15, 0.2) is 5.96 Å². The summed E-state index contributed by atoms with van der Waals surface area (Å²) in [7, 11) is 1.86. The molecule has 2 aliphatic heterocycles. The molecule has 2 fully saturated rings. The summed E-state index contributed by atoms with van der Waals surface area (Å²) in [5.74, 6) is 3.17. The van der Waals surface area contributed by atoms with Gasteiger partial charge in [-0.3, -0.25) is 4.99 Å². The van der Waals surface area contributed by atoms with Crippen LogP contribution in [0.1, 0.15) is 19.4 Å². The molecule has 2 aliphatic rings. The fourth-order valence-electron chi connectivity index (χ4n) is 3.33. The standard InChI is InChI=1S/C18H29N5OS/c1-18(2)14-23(9-12-25-18)17(19-3)21-13-15-5-4-6-20-16(15)22-7-10-24-11-8-22/h4-6H,7-14H2,1-3H3,(H,19,21). The van der Waals surface area contributed by atoms with Gasteiger partial charge in [0.05, 0.1) is 13.2 Å². The third-order valence-electron chi connectivity index (χ3n) is 4.55. The Bertz CT molecular complexity index is 601. The minimum Gasteiger partial charge on any atom is -0.378 e. The van der Waals surface area contributed by atoms with Gasteiger partial charge in [-0.05, 0) is 19.9 Å². The number of guanidine groups is 1. The molecular weight excluding hydrogens is 334 g/mol. The topological polar surface area (TPSA) is 53.0 Å². The van der Waals surface area contributed by atoms with Crippen molar-refractivity contribution in [1.29, 1.82) is 0 Å². The summed E-state index contributed by atoms with van der Waals surface area (Å²) in [6, 6.07) is 4.15. The van der Waals surface area contributed by atoms with Crippen molar-refractivity contribution in [3.8, 4) is 0 Å². The molecule has 1 N–H and O–H groups in total. The van der Waals surface area contributed by atoms with Gasteiger partial charge in [-0.1, -0.05) is 6.07 Å². The van der Waals surface area contributed by atoms with Crippen LogP contribution in [-0.2, 0) is 11.3 Å². The van der Waals surface area contributed by atoms with Crippen LogP contribution in [0, 0.1) is 0 Å². The second kappa shape index (κ2) is 8.27. The highest BCUT2D eigenvalue weighted by atomic mass is 32.2. The Morgan fingerprint density at radius 1 is 1.36 bits per heavy atom. The van der Waals surface area contributed by atoms with Crippen molar-refractivity contribution >= 4 is 23.5 Å². The average molecular weight is 364 g/mol. The predicted octanol–water partition coefficient (Wildman–Crippen LogP) is 1.82. The van der Waals surface area contributed by atoms with E-state index in [-0.39, 0.29) is 4.75 Å². The van der Waals surface area contributed by atoms with Crippen LogP contribution in [0.3, 0.4) is 0 Å². The summed E-state index contributed by atoms with van der Waals surface area (Å²) in [5, 5.41) is 3.54. The highest BCUT2D eigenvalue weighted by Crippen LogP contribution is 2.29. The van der Waals surface area contributed by atoms with Gasteiger partial charge >= 0.3 is 0 Å². The smallest absolute Gasteiger partial charge is 0.193 e. The number of pyridine rings is 1. The van der Waals surface area contributed by atoms with Gasteiger partial charge in [-0.25, -0.2) is 4.98 Å². The number of anilines is 1. The molecule has 3 heterocycles. The highest BCUT2D eigenvalue weighted by molar-refractivity contribution is 8.00. The van der Waals surface area contributed by atoms with Crippen molar-refractivity contribution in [2.45, 2.75) is 25.1 Å². The van der Waals surface area contributed by atoms with Crippen LogP contribution in [0.5, 0.6) is 0 Å². The summed E-state index contributed by atoms with van der Waals surface area (Å²) in [6.45, 7) is 10.7. The summed E-state index contributed by atoms with van der Waals surface area (Å²) in [5.41, 5.74) is 1.20. The molecule has 6 nitrogen and oxygen atoms in total. The molecule has 0 saturated carbocycles. The van der Waals surface area contributed by atoms with E-state index in [1.807, 2.05) is 31.1 Å².